The summed E-state index contributed by atoms with van der Waals surface area (Å²) in [7, 11) is -0.753. The first-order chi connectivity index (χ1) is 8.47. The van der Waals surface area contributed by atoms with Crippen molar-refractivity contribution < 1.29 is 18.3 Å². The molecule has 0 bridgehead atoms. The van der Waals surface area contributed by atoms with Gasteiger partial charge in [0.25, 0.3) is 0 Å². The second-order valence-corrected chi connectivity index (χ2v) is 5.73. The average molecular weight is 271 g/mol. The molecule has 0 aliphatic heterocycles. The van der Waals surface area contributed by atoms with Crippen molar-refractivity contribution in [2.75, 3.05) is 20.7 Å². The molecule has 0 aliphatic rings. The van der Waals surface area contributed by atoms with Crippen LogP contribution in [0.3, 0.4) is 0 Å². The minimum atomic E-state index is -3.61. The molecular formula is C12H17NO4S. The number of rotatable bonds is 6. The highest BCUT2D eigenvalue weighted by atomic mass is 32.2. The second-order valence-electron chi connectivity index (χ2n) is 3.72. The van der Waals surface area contributed by atoms with Gasteiger partial charge in [0.2, 0.25) is 10.0 Å². The number of hydrogen-bond donors (Lipinski definition) is 1. The Bertz CT molecular complexity index is 525. The van der Waals surface area contributed by atoms with Gasteiger partial charge < -0.3 is 9.84 Å². The molecule has 1 N–H and O–H groups in total. The summed E-state index contributed by atoms with van der Waals surface area (Å²) in [6.45, 7) is 3.56. The van der Waals surface area contributed by atoms with Gasteiger partial charge in [-0.1, -0.05) is 12.1 Å². The molecule has 100 valence electrons. The van der Waals surface area contributed by atoms with Crippen molar-refractivity contribution in [3.05, 3.63) is 36.4 Å². The Morgan fingerprint density at radius 2 is 2.17 bits per heavy atom. The van der Waals surface area contributed by atoms with Crippen molar-refractivity contribution in [3.63, 3.8) is 0 Å². The van der Waals surface area contributed by atoms with E-state index >= 15 is 0 Å². The van der Waals surface area contributed by atoms with Crippen molar-refractivity contribution in [3.8, 4) is 5.75 Å². The van der Waals surface area contributed by atoms with E-state index in [1.54, 1.807) is 6.07 Å². The van der Waals surface area contributed by atoms with E-state index in [0.717, 1.165) is 0 Å². The van der Waals surface area contributed by atoms with Gasteiger partial charge in [-0.15, -0.1) is 6.58 Å². The predicted octanol–water partition coefficient (Wildman–Crippen LogP) is 0.994. The van der Waals surface area contributed by atoms with Crippen molar-refractivity contribution in [2.45, 2.75) is 11.5 Å². The van der Waals surface area contributed by atoms with Crippen LogP contribution < -0.4 is 4.74 Å². The first-order valence-electron chi connectivity index (χ1n) is 5.32. The highest BCUT2D eigenvalue weighted by molar-refractivity contribution is 7.89. The highest BCUT2D eigenvalue weighted by Crippen LogP contribution is 2.27. The molecule has 6 heteroatoms. The number of methoxy groups -OCH3 is 1. The summed E-state index contributed by atoms with van der Waals surface area (Å²) in [6, 6.07) is 4.49. The molecule has 0 spiro atoms. The molecule has 18 heavy (non-hydrogen) atoms. The first-order valence-corrected chi connectivity index (χ1v) is 6.76. The Morgan fingerprint density at radius 1 is 1.50 bits per heavy atom. The Morgan fingerprint density at radius 3 is 2.67 bits per heavy atom. The summed E-state index contributed by atoms with van der Waals surface area (Å²) >= 11 is 0. The van der Waals surface area contributed by atoms with E-state index in [9.17, 15) is 8.42 Å². The largest absolute Gasteiger partial charge is 0.495 e. The van der Waals surface area contributed by atoms with Crippen LogP contribution in [0.25, 0.3) is 0 Å². The third-order valence-electron chi connectivity index (χ3n) is 2.49. The van der Waals surface area contributed by atoms with E-state index in [4.69, 9.17) is 9.84 Å². The molecule has 0 fully saturated rings. The van der Waals surface area contributed by atoms with Crippen LogP contribution in [-0.4, -0.2) is 38.5 Å². The van der Waals surface area contributed by atoms with Gasteiger partial charge in [-0.05, 0) is 17.7 Å². The minimum Gasteiger partial charge on any atom is -0.495 e. The molecule has 0 radical (unpaired) electrons. The van der Waals surface area contributed by atoms with Crippen molar-refractivity contribution in [1.82, 2.24) is 4.31 Å². The minimum absolute atomic E-state index is 0.0755. The summed E-state index contributed by atoms with van der Waals surface area (Å²) < 4.78 is 30.7. The van der Waals surface area contributed by atoms with Crippen molar-refractivity contribution in [2.24, 2.45) is 0 Å². The molecule has 1 aromatic carbocycles. The van der Waals surface area contributed by atoms with Gasteiger partial charge in [0.15, 0.2) is 0 Å². The fraction of sp³-hybridized carbons (Fsp3) is 0.333. The number of nitrogens with zero attached hydrogens (tertiary/aromatic N) is 1. The lowest BCUT2D eigenvalue weighted by Crippen LogP contribution is -2.27. The van der Waals surface area contributed by atoms with E-state index in [2.05, 4.69) is 6.58 Å². The third-order valence-corrected chi connectivity index (χ3v) is 4.35. The van der Waals surface area contributed by atoms with Crippen molar-refractivity contribution >= 4 is 10.0 Å². The molecule has 0 saturated heterocycles. The van der Waals surface area contributed by atoms with Crippen LogP contribution >= 0.6 is 0 Å². The zero-order valence-corrected chi connectivity index (χ0v) is 11.3. The topological polar surface area (TPSA) is 66.8 Å². The Kier molecular flexibility index (Phi) is 4.89. The maximum Gasteiger partial charge on any atom is 0.246 e. The van der Waals surface area contributed by atoms with Gasteiger partial charge >= 0.3 is 0 Å². The van der Waals surface area contributed by atoms with E-state index in [-0.39, 0.29) is 23.8 Å². The second kappa shape index (κ2) is 5.99. The molecule has 0 unspecified atom stereocenters. The van der Waals surface area contributed by atoms with Crippen LogP contribution in [0, 0.1) is 0 Å². The van der Waals surface area contributed by atoms with E-state index < -0.39 is 10.0 Å². The molecule has 0 saturated carbocycles. The van der Waals surface area contributed by atoms with Gasteiger partial charge in [-0.3, -0.25) is 0 Å². The molecule has 0 atom stereocenters. The maximum absolute atomic E-state index is 12.2. The summed E-state index contributed by atoms with van der Waals surface area (Å²) in [6.07, 6.45) is 1.51. The Labute approximate surface area is 107 Å². The van der Waals surface area contributed by atoms with Crippen LogP contribution in [0.1, 0.15) is 5.56 Å². The van der Waals surface area contributed by atoms with Gasteiger partial charge in [0.1, 0.15) is 10.6 Å². The Hall–Kier alpha value is -1.37. The molecule has 0 aliphatic carbocycles. The zero-order chi connectivity index (χ0) is 13.8. The van der Waals surface area contributed by atoms with Gasteiger partial charge in [-0.25, -0.2) is 8.42 Å². The zero-order valence-electron chi connectivity index (χ0n) is 10.5. The normalized spacial score (nSPS) is 11.6. The molecule has 1 aromatic rings. The summed E-state index contributed by atoms with van der Waals surface area (Å²) in [5, 5.41) is 9.02. The number of aliphatic hydroxyl groups excluding tert-OH is 1. The number of sulfonamides is 1. The Balaban J connectivity index is 3.27. The summed E-state index contributed by atoms with van der Waals surface area (Å²) in [5.74, 6) is 0.220. The number of benzene rings is 1. The molecular weight excluding hydrogens is 254 g/mol. The average Bonchev–Trinajstić information content (AvgIpc) is 2.38. The van der Waals surface area contributed by atoms with E-state index in [0.29, 0.717) is 5.56 Å². The fourth-order valence-electron chi connectivity index (χ4n) is 1.47. The standard InChI is InChI=1S/C12H17NO4S/c1-4-7-13(2)18(15,16)12-6-5-10(9-14)8-11(12)17-3/h4-6,8,14H,1,7,9H2,2-3H3. The SMILES string of the molecule is C=CCN(C)S(=O)(=O)c1ccc(CO)cc1OC. The number of aliphatic hydroxyl groups is 1. The molecule has 5 nitrogen and oxygen atoms in total. The fourth-order valence-corrected chi connectivity index (χ4v) is 2.75. The van der Waals surface area contributed by atoms with Crippen LogP contribution in [-0.2, 0) is 16.6 Å². The van der Waals surface area contributed by atoms with Crippen LogP contribution in [0.5, 0.6) is 5.75 Å². The smallest absolute Gasteiger partial charge is 0.246 e. The van der Waals surface area contributed by atoms with Crippen LogP contribution in [0.2, 0.25) is 0 Å². The maximum atomic E-state index is 12.2. The number of likely N-dealkylation sites (N-methyl/N-ethyl adjacent to an activating group) is 1. The highest BCUT2D eigenvalue weighted by Gasteiger charge is 2.23. The third kappa shape index (κ3) is 2.90. The lowest BCUT2D eigenvalue weighted by atomic mass is 10.2. The molecule has 0 heterocycles. The lowest BCUT2D eigenvalue weighted by Gasteiger charge is -2.17. The van der Waals surface area contributed by atoms with E-state index in [1.807, 2.05) is 0 Å². The number of ether oxygens (including phenoxy) is 1. The van der Waals surface area contributed by atoms with Gasteiger partial charge in [0.05, 0.1) is 13.7 Å². The van der Waals surface area contributed by atoms with Gasteiger partial charge in [-0.2, -0.15) is 4.31 Å². The number of hydrogen-bond acceptors (Lipinski definition) is 4. The monoisotopic (exact) mass is 271 g/mol. The van der Waals surface area contributed by atoms with Crippen molar-refractivity contribution in [1.29, 1.82) is 0 Å². The quantitative estimate of drug-likeness (QED) is 0.784. The molecule has 1 rings (SSSR count). The first kappa shape index (κ1) is 14.7. The lowest BCUT2D eigenvalue weighted by molar-refractivity contribution is 0.280. The van der Waals surface area contributed by atoms with Crippen LogP contribution in [0.4, 0.5) is 0 Å². The van der Waals surface area contributed by atoms with E-state index in [1.165, 1.54) is 36.7 Å². The summed E-state index contributed by atoms with van der Waals surface area (Å²) in [5.41, 5.74) is 0.595. The van der Waals surface area contributed by atoms with Gasteiger partial charge in [0, 0.05) is 13.6 Å². The van der Waals surface area contributed by atoms with Crippen LogP contribution in [0.15, 0.2) is 35.7 Å². The predicted molar refractivity (Wildman–Crippen MR) is 68.9 cm³/mol. The molecule has 0 amide bonds. The molecule has 0 aromatic heterocycles. The summed E-state index contributed by atoms with van der Waals surface area (Å²) in [4.78, 5) is 0.0755.